The van der Waals surface area contributed by atoms with E-state index in [0.29, 0.717) is 10.0 Å². The van der Waals surface area contributed by atoms with E-state index in [2.05, 4.69) is 11.9 Å². The molecule has 1 saturated heterocycles. The minimum atomic E-state index is -0.570. The van der Waals surface area contributed by atoms with Gasteiger partial charge < -0.3 is 9.64 Å². The number of likely N-dealkylation sites (tertiary alicyclic amines) is 1. The summed E-state index contributed by atoms with van der Waals surface area (Å²) in [7, 11) is 0. The van der Waals surface area contributed by atoms with Crippen molar-refractivity contribution in [2.45, 2.75) is 38.6 Å². The number of nitrogens with zero attached hydrogens (tertiary/aromatic N) is 2. The minimum absolute atomic E-state index is 0.127. The van der Waals surface area contributed by atoms with Crippen molar-refractivity contribution < 1.29 is 14.3 Å². The van der Waals surface area contributed by atoms with E-state index in [-0.39, 0.29) is 24.2 Å². The maximum absolute atomic E-state index is 12.4. The maximum atomic E-state index is 12.4. The Balaban J connectivity index is 1.58. The van der Waals surface area contributed by atoms with Crippen molar-refractivity contribution in [3.63, 3.8) is 0 Å². The van der Waals surface area contributed by atoms with Gasteiger partial charge in [0.15, 0.2) is 12.3 Å². The van der Waals surface area contributed by atoms with Gasteiger partial charge >= 0.3 is 5.97 Å². The fraction of sp³-hybridized carbons (Fsp3) is 0.421. The number of thiazole rings is 1. The number of carbonyl (C=O) groups is 2. The number of halogens is 1. The second kappa shape index (κ2) is 8.64. The van der Waals surface area contributed by atoms with Crippen LogP contribution in [-0.2, 0) is 9.53 Å². The van der Waals surface area contributed by atoms with Crippen LogP contribution in [0.15, 0.2) is 29.6 Å². The van der Waals surface area contributed by atoms with Crippen LogP contribution >= 0.6 is 22.9 Å². The van der Waals surface area contributed by atoms with Gasteiger partial charge in [-0.3, -0.25) is 4.79 Å². The molecule has 1 amide bonds. The molecule has 0 spiro atoms. The molecule has 7 heteroatoms. The van der Waals surface area contributed by atoms with Gasteiger partial charge in [0.25, 0.3) is 5.91 Å². The van der Waals surface area contributed by atoms with Gasteiger partial charge in [-0.2, -0.15) is 0 Å². The van der Waals surface area contributed by atoms with Crippen LogP contribution in [0.25, 0.3) is 10.6 Å². The standard InChI is InChI=1S/C19H21ClN2O3S/c1-2-15-5-3-4-10-22(15)17(23)11-25-19(24)16-12-26-18(21-16)13-6-8-14(20)9-7-13/h6-9,12,15H,2-5,10-11H2,1H3. The molecule has 3 rings (SSSR count). The van der Waals surface area contributed by atoms with Crippen molar-refractivity contribution in [3.8, 4) is 10.6 Å². The quantitative estimate of drug-likeness (QED) is 0.707. The van der Waals surface area contributed by atoms with Crippen molar-refractivity contribution in [2.75, 3.05) is 13.2 Å². The third-order valence-corrected chi connectivity index (χ3v) is 5.69. The molecule has 1 unspecified atom stereocenters. The van der Waals surface area contributed by atoms with E-state index < -0.39 is 5.97 Å². The first-order valence-corrected chi connectivity index (χ1v) is 10.0. The van der Waals surface area contributed by atoms with Gasteiger partial charge in [-0.05, 0) is 37.8 Å². The first kappa shape index (κ1) is 18.9. The lowest BCUT2D eigenvalue weighted by molar-refractivity contribution is -0.138. The summed E-state index contributed by atoms with van der Waals surface area (Å²) < 4.78 is 5.20. The Morgan fingerprint density at radius 2 is 2.08 bits per heavy atom. The largest absolute Gasteiger partial charge is 0.451 e. The average molecular weight is 393 g/mol. The van der Waals surface area contributed by atoms with Crippen molar-refractivity contribution >= 4 is 34.8 Å². The minimum Gasteiger partial charge on any atom is -0.451 e. The molecule has 1 atom stereocenters. The van der Waals surface area contributed by atoms with Crippen LogP contribution in [0.3, 0.4) is 0 Å². The Kier molecular flexibility index (Phi) is 6.27. The normalized spacial score (nSPS) is 17.2. The zero-order valence-corrected chi connectivity index (χ0v) is 16.2. The predicted octanol–water partition coefficient (Wildman–Crippen LogP) is 4.41. The van der Waals surface area contributed by atoms with E-state index in [1.165, 1.54) is 11.3 Å². The van der Waals surface area contributed by atoms with E-state index in [1.54, 1.807) is 17.5 Å². The van der Waals surface area contributed by atoms with E-state index in [9.17, 15) is 9.59 Å². The molecule has 26 heavy (non-hydrogen) atoms. The highest BCUT2D eigenvalue weighted by Crippen LogP contribution is 2.25. The molecule has 1 aliphatic rings. The molecule has 1 aromatic heterocycles. The van der Waals surface area contributed by atoms with Gasteiger partial charge in [-0.15, -0.1) is 11.3 Å². The Morgan fingerprint density at radius 3 is 2.81 bits per heavy atom. The van der Waals surface area contributed by atoms with Crippen LogP contribution in [0, 0.1) is 0 Å². The molecule has 0 saturated carbocycles. The summed E-state index contributed by atoms with van der Waals surface area (Å²) >= 11 is 7.24. The number of esters is 1. The molecular formula is C19H21ClN2O3S. The Labute approximate surface area is 161 Å². The smallest absolute Gasteiger partial charge is 0.358 e. The molecule has 0 N–H and O–H groups in total. The second-order valence-electron chi connectivity index (χ2n) is 6.27. The highest BCUT2D eigenvalue weighted by Gasteiger charge is 2.26. The highest BCUT2D eigenvalue weighted by molar-refractivity contribution is 7.13. The highest BCUT2D eigenvalue weighted by atomic mass is 35.5. The van der Waals surface area contributed by atoms with Crippen molar-refractivity contribution in [1.82, 2.24) is 9.88 Å². The summed E-state index contributed by atoms with van der Waals surface area (Å²) in [5.74, 6) is -0.696. The van der Waals surface area contributed by atoms with E-state index in [0.717, 1.165) is 37.8 Å². The number of hydrogen-bond acceptors (Lipinski definition) is 5. The molecule has 5 nitrogen and oxygen atoms in total. The van der Waals surface area contributed by atoms with Gasteiger partial charge in [-0.25, -0.2) is 9.78 Å². The second-order valence-corrected chi connectivity index (χ2v) is 7.56. The van der Waals surface area contributed by atoms with Gasteiger partial charge in [0.2, 0.25) is 0 Å². The number of amides is 1. The number of benzene rings is 1. The van der Waals surface area contributed by atoms with Crippen LogP contribution in [0.5, 0.6) is 0 Å². The number of carbonyl (C=O) groups excluding carboxylic acids is 2. The maximum Gasteiger partial charge on any atom is 0.358 e. The van der Waals surface area contributed by atoms with Crippen LogP contribution in [-0.4, -0.2) is 41.0 Å². The van der Waals surface area contributed by atoms with Gasteiger partial charge in [0.05, 0.1) is 0 Å². The molecule has 0 bridgehead atoms. The lowest BCUT2D eigenvalue weighted by Gasteiger charge is -2.35. The summed E-state index contributed by atoms with van der Waals surface area (Å²) in [6.45, 7) is 2.59. The number of hydrogen-bond donors (Lipinski definition) is 0. The molecule has 2 heterocycles. The zero-order chi connectivity index (χ0) is 18.5. The van der Waals surface area contributed by atoms with Gasteiger partial charge in [-0.1, -0.05) is 30.7 Å². The Morgan fingerprint density at radius 1 is 1.31 bits per heavy atom. The predicted molar refractivity (Wildman–Crippen MR) is 102 cm³/mol. The molecule has 2 aromatic rings. The third kappa shape index (κ3) is 4.43. The van der Waals surface area contributed by atoms with E-state index in [1.807, 2.05) is 17.0 Å². The summed E-state index contributed by atoms with van der Waals surface area (Å²) in [6, 6.07) is 7.50. The molecule has 0 radical (unpaired) electrons. The van der Waals surface area contributed by atoms with Crippen LogP contribution in [0.1, 0.15) is 43.1 Å². The van der Waals surface area contributed by atoms with Gasteiger partial charge in [0, 0.05) is 28.6 Å². The van der Waals surface area contributed by atoms with E-state index in [4.69, 9.17) is 16.3 Å². The fourth-order valence-corrected chi connectivity index (χ4v) is 4.05. The summed E-state index contributed by atoms with van der Waals surface area (Å²) in [4.78, 5) is 30.7. The average Bonchev–Trinajstić information content (AvgIpc) is 3.16. The topological polar surface area (TPSA) is 59.5 Å². The lowest BCUT2D eigenvalue weighted by atomic mass is 10.00. The third-order valence-electron chi connectivity index (χ3n) is 4.55. The van der Waals surface area contributed by atoms with Crippen LogP contribution < -0.4 is 0 Å². The SMILES string of the molecule is CCC1CCCCN1C(=O)COC(=O)c1csc(-c2ccc(Cl)cc2)n1. The summed E-state index contributed by atoms with van der Waals surface area (Å²) in [5, 5.41) is 3.00. The molecular weight excluding hydrogens is 372 g/mol. The van der Waals surface area contributed by atoms with Crippen LogP contribution in [0.2, 0.25) is 5.02 Å². The molecule has 138 valence electrons. The Bertz CT molecular complexity index is 775. The molecule has 1 fully saturated rings. The van der Waals surface area contributed by atoms with Crippen molar-refractivity contribution in [2.24, 2.45) is 0 Å². The summed E-state index contributed by atoms with van der Waals surface area (Å²) in [5.41, 5.74) is 1.10. The first-order valence-electron chi connectivity index (χ1n) is 8.76. The summed E-state index contributed by atoms with van der Waals surface area (Å²) in [6.07, 6.45) is 4.10. The number of piperidine rings is 1. The van der Waals surface area contributed by atoms with Crippen molar-refractivity contribution in [3.05, 3.63) is 40.4 Å². The number of rotatable bonds is 5. The van der Waals surface area contributed by atoms with Crippen molar-refractivity contribution in [1.29, 1.82) is 0 Å². The van der Waals surface area contributed by atoms with E-state index >= 15 is 0 Å². The number of ether oxygens (including phenoxy) is 1. The fourth-order valence-electron chi connectivity index (χ4n) is 3.13. The molecule has 1 aromatic carbocycles. The zero-order valence-electron chi connectivity index (χ0n) is 14.6. The Hall–Kier alpha value is -1.92. The monoisotopic (exact) mass is 392 g/mol. The molecule has 0 aliphatic carbocycles. The number of aromatic nitrogens is 1. The van der Waals surface area contributed by atoms with Crippen LogP contribution in [0.4, 0.5) is 0 Å². The molecule has 1 aliphatic heterocycles. The van der Waals surface area contributed by atoms with Gasteiger partial charge in [0.1, 0.15) is 5.01 Å². The lowest BCUT2D eigenvalue weighted by Crippen LogP contribution is -2.45. The first-order chi connectivity index (χ1) is 12.6.